The SMILES string of the molecule is COCCCn1c(=S)[nH]c2cc(C(=O)N3CCN(Cc4ccccn4)CC3)ccc2c1=O. The maximum Gasteiger partial charge on any atom is 0.262 e. The van der Waals surface area contributed by atoms with Gasteiger partial charge in [0.2, 0.25) is 0 Å². The van der Waals surface area contributed by atoms with Gasteiger partial charge in [-0.2, -0.15) is 0 Å². The van der Waals surface area contributed by atoms with Crippen LogP contribution in [0.5, 0.6) is 0 Å². The summed E-state index contributed by atoms with van der Waals surface area (Å²) in [7, 11) is 1.63. The quantitative estimate of drug-likeness (QED) is 0.437. The summed E-state index contributed by atoms with van der Waals surface area (Å²) in [4.78, 5) is 37.6. The van der Waals surface area contributed by atoms with Crippen LogP contribution in [0.2, 0.25) is 0 Å². The molecule has 3 aromatic rings. The smallest absolute Gasteiger partial charge is 0.262 e. The highest BCUT2D eigenvalue weighted by Gasteiger charge is 2.23. The molecule has 1 saturated heterocycles. The minimum Gasteiger partial charge on any atom is -0.385 e. The molecule has 0 radical (unpaired) electrons. The Morgan fingerprint density at radius 1 is 1.19 bits per heavy atom. The fourth-order valence-corrected chi connectivity index (χ4v) is 4.25. The van der Waals surface area contributed by atoms with Crippen LogP contribution in [0.15, 0.2) is 47.4 Å². The number of aromatic amines is 1. The average Bonchev–Trinajstić information content (AvgIpc) is 2.81. The number of benzene rings is 1. The number of piperazine rings is 1. The highest BCUT2D eigenvalue weighted by molar-refractivity contribution is 7.71. The summed E-state index contributed by atoms with van der Waals surface area (Å²) in [6.07, 6.45) is 2.50. The van der Waals surface area contributed by atoms with Crippen LogP contribution in [0.4, 0.5) is 0 Å². The molecule has 1 amide bonds. The lowest BCUT2D eigenvalue weighted by molar-refractivity contribution is 0.0627. The molecular formula is C23H27N5O3S. The highest BCUT2D eigenvalue weighted by atomic mass is 32.1. The molecule has 0 saturated carbocycles. The van der Waals surface area contributed by atoms with E-state index in [2.05, 4.69) is 14.9 Å². The number of pyridine rings is 1. The molecule has 1 N–H and O–H groups in total. The predicted molar refractivity (Wildman–Crippen MR) is 125 cm³/mol. The second-order valence-electron chi connectivity index (χ2n) is 7.88. The number of nitrogens with zero attached hydrogens (tertiary/aromatic N) is 4. The molecule has 9 heteroatoms. The number of rotatable bonds is 7. The van der Waals surface area contributed by atoms with Crippen molar-refractivity contribution in [2.24, 2.45) is 0 Å². The molecule has 0 bridgehead atoms. The summed E-state index contributed by atoms with van der Waals surface area (Å²) >= 11 is 5.38. The van der Waals surface area contributed by atoms with Gasteiger partial charge < -0.3 is 14.6 Å². The normalized spacial score (nSPS) is 14.7. The third-order valence-electron chi connectivity index (χ3n) is 5.73. The summed E-state index contributed by atoms with van der Waals surface area (Å²) in [5, 5.41) is 0.521. The molecule has 4 rings (SSSR count). The van der Waals surface area contributed by atoms with Crippen LogP contribution in [0, 0.1) is 4.77 Å². The lowest BCUT2D eigenvalue weighted by Gasteiger charge is -2.34. The zero-order chi connectivity index (χ0) is 22.5. The van der Waals surface area contributed by atoms with Crippen LogP contribution in [-0.4, -0.2) is 70.1 Å². The van der Waals surface area contributed by atoms with Gasteiger partial charge in [-0.1, -0.05) is 6.07 Å². The Kier molecular flexibility index (Phi) is 7.09. The molecule has 32 heavy (non-hydrogen) atoms. The Balaban J connectivity index is 1.45. The van der Waals surface area contributed by atoms with E-state index in [0.717, 1.165) is 25.3 Å². The van der Waals surface area contributed by atoms with Crippen molar-refractivity contribution in [3.8, 4) is 0 Å². The Hall–Kier alpha value is -2.88. The summed E-state index contributed by atoms with van der Waals surface area (Å²) < 4.78 is 6.95. The number of H-pyrrole nitrogens is 1. The van der Waals surface area contributed by atoms with E-state index in [1.54, 1.807) is 36.1 Å². The monoisotopic (exact) mass is 453 g/mol. The molecule has 3 heterocycles. The van der Waals surface area contributed by atoms with Crippen molar-refractivity contribution < 1.29 is 9.53 Å². The van der Waals surface area contributed by atoms with Gasteiger partial charge in [-0.25, -0.2) is 0 Å². The Bertz CT molecular complexity index is 1200. The van der Waals surface area contributed by atoms with E-state index in [1.807, 2.05) is 23.1 Å². The van der Waals surface area contributed by atoms with Gasteiger partial charge >= 0.3 is 0 Å². The van der Waals surface area contributed by atoms with Crippen molar-refractivity contribution in [1.29, 1.82) is 0 Å². The maximum atomic E-state index is 13.1. The van der Waals surface area contributed by atoms with E-state index in [1.165, 1.54) is 0 Å². The van der Waals surface area contributed by atoms with Gasteiger partial charge in [-0.05, 0) is 49.0 Å². The van der Waals surface area contributed by atoms with Crippen molar-refractivity contribution in [3.63, 3.8) is 0 Å². The van der Waals surface area contributed by atoms with Crippen LogP contribution in [-0.2, 0) is 17.8 Å². The summed E-state index contributed by atoms with van der Waals surface area (Å²) in [5.74, 6) is -0.0343. The molecule has 8 nitrogen and oxygen atoms in total. The first kappa shape index (κ1) is 22.3. The zero-order valence-corrected chi connectivity index (χ0v) is 18.9. The second-order valence-corrected chi connectivity index (χ2v) is 8.27. The molecule has 0 atom stereocenters. The standard InChI is InChI=1S/C23H27N5O3S/c1-31-14-4-9-28-22(30)19-7-6-17(15-20(19)25-23(28)32)21(29)27-12-10-26(11-13-27)16-18-5-2-3-8-24-18/h2-3,5-8,15H,4,9-14,16H2,1H3,(H,25,32). The molecule has 168 valence electrons. The molecule has 1 aliphatic rings. The Morgan fingerprint density at radius 2 is 2.00 bits per heavy atom. The largest absolute Gasteiger partial charge is 0.385 e. The number of ether oxygens (including phenoxy) is 1. The van der Waals surface area contributed by atoms with Crippen LogP contribution in [0.25, 0.3) is 10.9 Å². The van der Waals surface area contributed by atoms with Crippen molar-refractivity contribution >= 4 is 29.0 Å². The van der Waals surface area contributed by atoms with Gasteiger partial charge in [0.05, 0.1) is 16.6 Å². The Labute approximate surface area is 191 Å². The third-order valence-corrected chi connectivity index (χ3v) is 6.05. The second kappa shape index (κ2) is 10.2. The first-order valence-electron chi connectivity index (χ1n) is 10.7. The number of carbonyl (C=O) groups excluding carboxylic acids is 1. The van der Waals surface area contributed by atoms with E-state index in [0.29, 0.717) is 53.9 Å². The van der Waals surface area contributed by atoms with Crippen molar-refractivity contribution in [3.05, 3.63) is 69.0 Å². The minimum atomic E-state index is -0.151. The molecule has 0 unspecified atom stereocenters. The van der Waals surface area contributed by atoms with Gasteiger partial charge in [0, 0.05) is 64.7 Å². The number of aromatic nitrogens is 3. The van der Waals surface area contributed by atoms with E-state index >= 15 is 0 Å². The number of fused-ring (bicyclic) bond motifs is 1. The van der Waals surface area contributed by atoms with E-state index in [9.17, 15) is 9.59 Å². The topological polar surface area (TPSA) is 83.5 Å². The lowest BCUT2D eigenvalue weighted by atomic mass is 10.1. The molecule has 0 aliphatic carbocycles. The highest BCUT2D eigenvalue weighted by Crippen LogP contribution is 2.15. The maximum absolute atomic E-state index is 13.1. The van der Waals surface area contributed by atoms with E-state index in [4.69, 9.17) is 17.0 Å². The molecule has 1 aromatic carbocycles. The molecule has 1 fully saturated rings. The molecule has 1 aliphatic heterocycles. The van der Waals surface area contributed by atoms with E-state index < -0.39 is 0 Å². The van der Waals surface area contributed by atoms with Gasteiger partial charge in [0.25, 0.3) is 11.5 Å². The number of hydrogen-bond donors (Lipinski definition) is 1. The number of amides is 1. The first-order chi connectivity index (χ1) is 15.6. The summed E-state index contributed by atoms with van der Waals surface area (Å²) in [5.41, 5.74) is 2.02. The molecule has 0 spiro atoms. The number of hydrogen-bond acceptors (Lipinski definition) is 6. The number of methoxy groups -OCH3 is 1. The van der Waals surface area contributed by atoms with Crippen LogP contribution in [0.3, 0.4) is 0 Å². The zero-order valence-electron chi connectivity index (χ0n) is 18.1. The average molecular weight is 454 g/mol. The fraction of sp³-hybridized carbons (Fsp3) is 0.391. The summed E-state index contributed by atoms with van der Waals surface area (Å²) in [6.45, 7) is 4.73. The van der Waals surface area contributed by atoms with Crippen molar-refractivity contribution in [2.75, 3.05) is 39.9 Å². The van der Waals surface area contributed by atoms with Gasteiger partial charge in [-0.3, -0.25) is 24.0 Å². The van der Waals surface area contributed by atoms with Crippen molar-refractivity contribution in [2.45, 2.75) is 19.5 Å². The van der Waals surface area contributed by atoms with Gasteiger partial charge in [0.1, 0.15) is 0 Å². The van der Waals surface area contributed by atoms with Gasteiger partial charge in [0.15, 0.2) is 4.77 Å². The third kappa shape index (κ3) is 4.95. The molecular weight excluding hydrogens is 426 g/mol. The van der Waals surface area contributed by atoms with Crippen LogP contribution < -0.4 is 5.56 Å². The number of nitrogens with one attached hydrogen (secondary N) is 1. The van der Waals surface area contributed by atoms with Gasteiger partial charge in [-0.15, -0.1) is 0 Å². The minimum absolute atomic E-state index is 0.0343. The van der Waals surface area contributed by atoms with Crippen LogP contribution >= 0.6 is 12.2 Å². The molecule has 2 aromatic heterocycles. The number of carbonyl (C=O) groups is 1. The van der Waals surface area contributed by atoms with Crippen LogP contribution in [0.1, 0.15) is 22.5 Å². The Morgan fingerprint density at radius 3 is 2.72 bits per heavy atom. The lowest BCUT2D eigenvalue weighted by Crippen LogP contribution is -2.48. The summed E-state index contributed by atoms with van der Waals surface area (Å²) in [6, 6.07) is 11.1. The van der Waals surface area contributed by atoms with E-state index in [-0.39, 0.29) is 11.5 Å². The predicted octanol–water partition coefficient (Wildman–Crippen LogP) is 2.45. The fourth-order valence-electron chi connectivity index (χ4n) is 3.97. The van der Waals surface area contributed by atoms with Crippen molar-refractivity contribution in [1.82, 2.24) is 24.3 Å². The first-order valence-corrected chi connectivity index (χ1v) is 11.1.